The smallest absolute Gasteiger partial charge is 0.207 e. The molecule has 1 saturated heterocycles. The van der Waals surface area contributed by atoms with E-state index in [2.05, 4.69) is 9.97 Å². The van der Waals surface area contributed by atoms with Crippen LogP contribution in [0, 0.1) is 6.92 Å². The minimum atomic E-state index is 0.00533. The summed E-state index contributed by atoms with van der Waals surface area (Å²) in [6.07, 6.45) is 3.28. The Hall–Kier alpha value is -1.13. The second-order valence-electron chi connectivity index (χ2n) is 4.37. The average molecular weight is 252 g/mol. The van der Waals surface area contributed by atoms with Gasteiger partial charge in [-0.15, -0.1) is 0 Å². The molecule has 2 aromatic heterocycles. The molecule has 0 aliphatic carbocycles. The van der Waals surface area contributed by atoms with E-state index in [1.165, 1.54) is 6.42 Å². The number of ether oxygens (including phenoxy) is 1. The van der Waals surface area contributed by atoms with Gasteiger partial charge in [0.05, 0.1) is 5.52 Å². The monoisotopic (exact) mass is 251 g/mol. The third-order valence-electron chi connectivity index (χ3n) is 3.09. The van der Waals surface area contributed by atoms with Gasteiger partial charge in [0, 0.05) is 12.3 Å². The molecule has 0 spiro atoms. The van der Waals surface area contributed by atoms with Crippen LogP contribution in [0.25, 0.3) is 11.2 Å². The zero-order valence-electron chi connectivity index (χ0n) is 9.69. The SMILES string of the molecule is Cc1ccc2c(n1)nc(Cl)n2C1CCCCO1. The molecule has 0 bridgehead atoms. The number of halogens is 1. The quantitative estimate of drug-likeness (QED) is 0.782. The maximum absolute atomic E-state index is 6.19. The van der Waals surface area contributed by atoms with Gasteiger partial charge in [-0.3, -0.25) is 4.57 Å². The Morgan fingerprint density at radius 1 is 1.35 bits per heavy atom. The number of rotatable bonds is 1. The predicted molar refractivity (Wildman–Crippen MR) is 66.1 cm³/mol. The molecule has 3 heterocycles. The van der Waals surface area contributed by atoms with Crippen LogP contribution in [0.4, 0.5) is 0 Å². The van der Waals surface area contributed by atoms with Crippen LogP contribution in [-0.4, -0.2) is 21.1 Å². The summed E-state index contributed by atoms with van der Waals surface area (Å²) < 4.78 is 7.70. The number of aryl methyl sites for hydroxylation is 1. The second kappa shape index (κ2) is 4.27. The van der Waals surface area contributed by atoms with Gasteiger partial charge in [0.25, 0.3) is 0 Å². The summed E-state index contributed by atoms with van der Waals surface area (Å²) >= 11 is 6.19. The van der Waals surface area contributed by atoms with Crippen LogP contribution in [-0.2, 0) is 4.74 Å². The highest BCUT2D eigenvalue weighted by molar-refractivity contribution is 6.29. The van der Waals surface area contributed by atoms with Crippen molar-refractivity contribution in [1.82, 2.24) is 14.5 Å². The number of nitrogens with zero attached hydrogens (tertiary/aromatic N) is 3. The first-order chi connectivity index (χ1) is 8.25. The van der Waals surface area contributed by atoms with Gasteiger partial charge in [-0.25, -0.2) is 4.98 Å². The Morgan fingerprint density at radius 3 is 3.00 bits per heavy atom. The molecular weight excluding hydrogens is 238 g/mol. The van der Waals surface area contributed by atoms with E-state index in [-0.39, 0.29) is 6.23 Å². The summed E-state index contributed by atoms with van der Waals surface area (Å²) in [6.45, 7) is 2.74. The molecule has 1 aliphatic rings. The summed E-state index contributed by atoms with van der Waals surface area (Å²) in [7, 11) is 0. The van der Waals surface area contributed by atoms with Crippen molar-refractivity contribution in [3.63, 3.8) is 0 Å². The molecular formula is C12H14ClN3O. The van der Waals surface area contributed by atoms with Crippen molar-refractivity contribution in [2.75, 3.05) is 6.61 Å². The second-order valence-corrected chi connectivity index (χ2v) is 4.71. The van der Waals surface area contributed by atoms with Gasteiger partial charge in [-0.2, -0.15) is 4.98 Å². The number of hydrogen-bond acceptors (Lipinski definition) is 3. The van der Waals surface area contributed by atoms with Crippen molar-refractivity contribution in [2.24, 2.45) is 0 Å². The van der Waals surface area contributed by atoms with E-state index in [1.807, 2.05) is 23.6 Å². The number of aromatic nitrogens is 3. The molecule has 5 heteroatoms. The van der Waals surface area contributed by atoms with E-state index in [1.54, 1.807) is 0 Å². The minimum absolute atomic E-state index is 0.00533. The van der Waals surface area contributed by atoms with Crippen LogP contribution in [0.5, 0.6) is 0 Å². The average Bonchev–Trinajstić information content (AvgIpc) is 2.65. The molecule has 3 rings (SSSR count). The molecule has 0 N–H and O–H groups in total. The molecule has 1 aliphatic heterocycles. The van der Waals surface area contributed by atoms with E-state index in [0.29, 0.717) is 10.9 Å². The number of pyridine rings is 1. The van der Waals surface area contributed by atoms with Crippen LogP contribution in [0.15, 0.2) is 12.1 Å². The topological polar surface area (TPSA) is 39.9 Å². The molecule has 0 radical (unpaired) electrons. The molecule has 1 fully saturated rings. The van der Waals surface area contributed by atoms with Crippen LogP contribution in [0.1, 0.15) is 31.2 Å². The van der Waals surface area contributed by atoms with Gasteiger partial charge in [-0.1, -0.05) is 0 Å². The third kappa shape index (κ3) is 1.91. The zero-order valence-corrected chi connectivity index (χ0v) is 10.4. The van der Waals surface area contributed by atoms with E-state index in [0.717, 1.165) is 30.7 Å². The molecule has 1 unspecified atom stereocenters. The summed E-state index contributed by atoms with van der Waals surface area (Å²) in [5.41, 5.74) is 2.60. The van der Waals surface area contributed by atoms with Crippen LogP contribution in [0.2, 0.25) is 5.28 Å². The van der Waals surface area contributed by atoms with E-state index in [9.17, 15) is 0 Å². The largest absolute Gasteiger partial charge is 0.358 e. The zero-order chi connectivity index (χ0) is 11.8. The van der Waals surface area contributed by atoms with E-state index in [4.69, 9.17) is 16.3 Å². The molecule has 4 nitrogen and oxygen atoms in total. The number of hydrogen-bond donors (Lipinski definition) is 0. The van der Waals surface area contributed by atoms with Crippen molar-refractivity contribution in [3.05, 3.63) is 23.1 Å². The molecule has 1 atom stereocenters. The fourth-order valence-electron chi connectivity index (χ4n) is 2.25. The van der Waals surface area contributed by atoms with Gasteiger partial charge >= 0.3 is 0 Å². The molecule has 0 aromatic carbocycles. The van der Waals surface area contributed by atoms with Gasteiger partial charge in [-0.05, 0) is 49.9 Å². The Bertz CT molecular complexity index is 546. The van der Waals surface area contributed by atoms with E-state index < -0.39 is 0 Å². The van der Waals surface area contributed by atoms with Crippen LogP contribution < -0.4 is 0 Å². The fourth-order valence-corrected chi connectivity index (χ4v) is 2.53. The molecule has 90 valence electrons. The van der Waals surface area contributed by atoms with Crippen LogP contribution in [0.3, 0.4) is 0 Å². The number of imidazole rings is 1. The highest BCUT2D eigenvalue weighted by Crippen LogP contribution is 2.30. The molecule has 0 saturated carbocycles. The van der Waals surface area contributed by atoms with Gasteiger partial charge in [0.1, 0.15) is 6.23 Å². The van der Waals surface area contributed by atoms with Crippen molar-refractivity contribution >= 4 is 22.8 Å². The lowest BCUT2D eigenvalue weighted by Gasteiger charge is -2.24. The van der Waals surface area contributed by atoms with E-state index >= 15 is 0 Å². The lowest BCUT2D eigenvalue weighted by atomic mass is 10.2. The van der Waals surface area contributed by atoms with Gasteiger partial charge < -0.3 is 4.74 Å². The van der Waals surface area contributed by atoms with Crippen molar-refractivity contribution < 1.29 is 4.74 Å². The standard InChI is InChI=1S/C12H14ClN3O/c1-8-5-6-9-11(14-8)15-12(13)16(9)10-4-2-3-7-17-10/h5-6,10H,2-4,7H2,1H3. The van der Waals surface area contributed by atoms with Crippen molar-refractivity contribution in [2.45, 2.75) is 32.4 Å². The lowest BCUT2D eigenvalue weighted by molar-refractivity contribution is -0.0293. The Kier molecular flexibility index (Phi) is 2.76. The maximum Gasteiger partial charge on any atom is 0.207 e. The highest BCUT2D eigenvalue weighted by Gasteiger charge is 2.21. The third-order valence-corrected chi connectivity index (χ3v) is 3.36. The van der Waals surface area contributed by atoms with Crippen molar-refractivity contribution in [1.29, 1.82) is 0 Å². The normalized spacial score (nSPS) is 20.9. The molecule has 17 heavy (non-hydrogen) atoms. The molecule has 2 aromatic rings. The van der Waals surface area contributed by atoms with Crippen LogP contribution >= 0.6 is 11.6 Å². The fraction of sp³-hybridized carbons (Fsp3) is 0.500. The number of fused-ring (bicyclic) bond motifs is 1. The maximum atomic E-state index is 6.19. The summed E-state index contributed by atoms with van der Waals surface area (Å²) in [5.74, 6) is 0. The van der Waals surface area contributed by atoms with Crippen molar-refractivity contribution in [3.8, 4) is 0 Å². The lowest BCUT2D eigenvalue weighted by Crippen LogP contribution is -2.18. The summed E-state index contributed by atoms with van der Waals surface area (Å²) in [4.78, 5) is 8.67. The van der Waals surface area contributed by atoms with Gasteiger partial charge in [0.15, 0.2) is 5.65 Å². The predicted octanol–water partition coefficient (Wildman–Crippen LogP) is 3.09. The summed E-state index contributed by atoms with van der Waals surface area (Å²) in [5, 5.41) is 0.463. The van der Waals surface area contributed by atoms with Gasteiger partial charge in [0.2, 0.25) is 5.28 Å². The first kappa shape index (κ1) is 11.0. The Morgan fingerprint density at radius 2 is 2.24 bits per heavy atom. The first-order valence-corrected chi connectivity index (χ1v) is 6.26. The summed E-state index contributed by atoms with van der Waals surface area (Å²) in [6, 6.07) is 3.98. The highest BCUT2D eigenvalue weighted by atomic mass is 35.5. The molecule has 0 amide bonds. The minimum Gasteiger partial charge on any atom is -0.358 e. The Labute approximate surface area is 105 Å². The Balaban J connectivity index is 2.11. The first-order valence-electron chi connectivity index (χ1n) is 5.88.